The van der Waals surface area contributed by atoms with Gasteiger partial charge in [0.25, 0.3) is 5.91 Å². The molecule has 2 heterocycles. The highest BCUT2D eigenvalue weighted by atomic mass is 16.2. The van der Waals surface area contributed by atoms with E-state index in [1.807, 2.05) is 36.4 Å². The van der Waals surface area contributed by atoms with E-state index in [0.29, 0.717) is 11.6 Å². The first-order valence-electron chi connectivity index (χ1n) is 7.87. The van der Waals surface area contributed by atoms with Crippen LogP contribution >= 0.6 is 0 Å². The Labute approximate surface area is 139 Å². The lowest BCUT2D eigenvalue weighted by Gasteiger charge is -2.08. The first kappa shape index (κ1) is 15.9. The minimum absolute atomic E-state index is 0.249. The summed E-state index contributed by atoms with van der Waals surface area (Å²) in [5, 5.41) is 22.0. The number of hydrogen-bond donors (Lipinski definition) is 2. The van der Waals surface area contributed by atoms with Gasteiger partial charge in [0.15, 0.2) is 5.82 Å². The second kappa shape index (κ2) is 7.03. The van der Waals surface area contributed by atoms with Crippen LogP contribution in [0.25, 0.3) is 11.4 Å². The lowest BCUT2D eigenvalue weighted by Crippen LogP contribution is -2.25. The van der Waals surface area contributed by atoms with E-state index in [4.69, 9.17) is 0 Å². The third kappa shape index (κ3) is 3.48. The predicted octanol–water partition coefficient (Wildman–Crippen LogP) is 2.22. The van der Waals surface area contributed by atoms with Gasteiger partial charge in [-0.1, -0.05) is 43.7 Å². The molecular weight excluding hydrogens is 306 g/mol. The quantitative estimate of drug-likeness (QED) is 0.723. The summed E-state index contributed by atoms with van der Waals surface area (Å²) < 4.78 is 0. The lowest BCUT2D eigenvalue weighted by molar-refractivity contribution is -0.119. The number of amides is 1. The molecule has 124 valence electrons. The molecule has 24 heavy (non-hydrogen) atoms. The minimum atomic E-state index is -0.596. The molecule has 1 unspecified atom stereocenters. The number of aryl methyl sites for hydroxylation is 1. The van der Waals surface area contributed by atoms with Crippen LogP contribution in [0.4, 0.5) is 5.82 Å². The van der Waals surface area contributed by atoms with Crippen molar-refractivity contribution in [2.45, 2.75) is 32.7 Å². The number of H-pyrrole nitrogens is 1. The molecular formula is C16H19N7O. The van der Waals surface area contributed by atoms with Crippen molar-refractivity contribution in [3.63, 3.8) is 0 Å². The molecule has 0 spiro atoms. The number of aromatic amines is 1. The number of nitrogens with zero attached hydrogens (tertiary/aromatic N) is 5. The van der Waals surface area contributed by atoms with Crippen LogP contribution in [0.15, 0.2) is 36.4 Å². The van der Waals surface area contributed by atoms with E-state index in [-0.39, 0.29) is 5.91 Å². The molecule has 3 rings (SSSR count). The standard InChI is InChI=1S/C16H19N7O/c1-3-7-13-10-14(19-18-13)17-16(24)11(2)23-21-15(20-22-23)12-8-5-4-6-9-12/h4-6,8-11H,3,7H2,1-2H3,(H2,17,18,19,24). The average molecular weight is 325 g/mol. The number of anilines is 1. The van der Waals surface area contributed by atoms with Crippen LogP contribution in [-0.2, 0) is 11.2 Å². The summed E-state index contributed by atoms with van der Waals surface area (Å²) in [6, 6.07) is 10.7. The van der Waals surface area contributed by atoms with Gasteiger partial charge in [-0.2, -0.15) is 9.90 Å². The smallest absolute Gasteiger partial charge is 0.252 e. The summed E-state index contributed by atoms with van der Waals surface area (Å²) >= 11 is 0. The van der Waals surface area contributed by atoms with Crippen molar-refractivity contribution in [2.75, 3.05) is 5.32 Å². The van der Waals surface area contributed by atoms with Gasteiger partial charge in [-0.25, -0.2) is 0 Å². The highest BCUT2D eigenvalue weighted by Gasteiger charge is 2.19. The molecule has 0 saturated carbocycles. The molecule has 0 bridgehead atoms. The largest absolute Gasteiger partial charge is 0.307 e. The monoisotopic (exact) mass is 325 g/mol. The predicted molar refractivity (Wildman–Crippen MR) is 89.2 cm³/mol. The average Bonchev–Trinajstić information content (AvgIpc) is 3.25. The Morgan fingerprint density at radius 1 is 1.33 bits per heavy atom. The SMILES string of the molecule is CCCc1cc(NC(=O)C(C)n2nnc(-c3ccccc3)n2)n[nH]1. The number of hydrogen-bond acceptors (Lipinski definition) is 5. The molecule has 0 aliphatic rings. The fourth-order valence-corrected chi connectivity index (χ4v) is 2.25. The van der Waals surface area contributed by atoms with Gasteiger partial charge in [0.1, 0.15) is 6.04 Å². The van der Waals surface area contributed by atoms with Crippen molar-refractivity contribution in [1.82, 2.24) is 30.4 Å². The Morgan fingerprint density at radius 2 is 2.12 bits per heavy atom. The highest BCUT2D eigenvalue weighted by Crippen LogP contribution is 2.15. The molecule has 1 aromatic carbocycles. The highest BCUT2D eigenvalue weighted by molar-refractivity contribution is 5.92. The van der Waals surface area contributed by atoms with Crippen molar-refractivity contribution < 1.29 is 4.79 Å². The van der Waals surface area contributed by atoms with Crippen molar-refractivity contribution in [2.24, 2.45) is 0 Å². The van der Waals surface area contributed by atoms with E-state index < -0.39 is 6.04 Å². The normalized spacial score (nSPS) is 12.1. The summed E-state index contributed by atoms with van der Waals surface area (Å²) in [5.41, 5.74) is 1.85. The number of carbonyl (C=O) groups excluding carboxylic acids is 1. The molecule has 0 radical (unpaired) electrons. The van der Waals surface area contributed by atoms with E-state index in [1.165, 1.54) is 4.80 Å². The Kier molecular flexibility index (Phi) is 4.64. The molecule has 0 aliphatic heterocycles. The number of tetrazole rings is 1. The van der Waals surface area contributed by atoms with Crippen LogP contribution in [-0.4, -0.2) is 36.3 Å². The van der Waals surface area contributed by atoms with Gasteiger partial charge in [0.05, 0.1) is 0 Å². The van der Waals surface area contributed by atoms with E-state index in [1.54, 1.807) is 6.92 Å². The molecule has 0 fully saturated rings. The van der Waals surface area contributed by atoms with E-state index in [9.17, 15) is 4.79 Å². The van der Waals surface area contributed by atoms with Gasteiger partial charge < -0.3 is 5.32 Å². The van der Waals surface area contributed by atoms with E-state index in [0.717, 1.165) is 24.1 Å². The van der Waals surface area contributed by atoms with Gasteiger partial charge in [0.2, 0.25) is 5.82 Å². The third-order valence-electron chi connectivity index (χ3n) is 3.59. The molecule has 2 aromatic heterocycles. The van der Waals surface area contributed by atoms with Crippen LogP contribution in [0.2, 0.25) is 0 Å². The fourth-order valence-electron chi connectivity index (χ4n) is 2.25. The van der Waals surface area contributed by atoms with Crippen molar-refractivity contribution in [3.05, 3.63) is 42.1 Å². The number of benzene rings is 1. The maximum Gasteiger partial charge on any atom is 0.252 e. The Balaban J connectivity index is 1.68. The summed E-state index contributed by atoms with van der Waals surface area (Å²) in [6.45, 7) is 3.80. The molecule has 8 nitrogen and oxygen atoms in total. The molecule has 0 saturated heterocycles. The first-order valence-corrected chi connectivity index (χ1v) is 7.87. The Morgan fingerprint density at radius 3 is 2.88 bits per heavy atom. The molecule has 0 aliphatic carbocycles. The minimum Gasteiger partial charge on any atom is -0.307 e. The van der Waals surface area contributed by atoms with Gasteiger partial charge in [-0.3, -0.25) is 9.89 Å². The van der Waals surface area contributed by atoms with Crippen molar-refractivity contribution in [3.8, 4) is 11.4 Å². The second-order valence-electron chi connectivity index (χ2n) is 5.49. The second-order valence-corrected chi connectivity index (χ2v) is 5.49. The molecule has 2 N–H and O–H groups in total. The number of aromatic nitrogens is 6. The summed E-state index contributed by atoms with van der Waals surface area (Å²) in [5.74, 6) is 0.737. The maximum absolute atomic E-state index is 12.3. The van der Waals surface area contributed by atoms with Crippen LogP contribution in [0, 0.1) is 0 Å². The Bertz CT molecular complexity index is 809. The zero-order valence-corrected chi connectivity index (χ0v) is 13.6. The third-order valence-corrected chi connectivity index (χ3v) is 3.59. The van der Waals surface area contributed by atoms with Crippen LogP contribution in [0.1, 0.15) is 32.0 Å². The summed E-state index contributed by atoms with van der Waals surface area (Å²) in [7, 11) is 0. The molecule has 8 heteroatoms. The zero-order chi connectivity index (χ0) is 16.9. The fraction of sp³-hybridized carbons (Fsp3) is 0.312. The lowest BCUT2D eigenvalue weighted by atomic mass is 10.2. The van der Waals surface area contributed by atoms with E-state index in [2.05, 4.69) is 37.8 Å². The number of rotatable bonds is 6. The van der Waals surface area contributed by atoms with Gasteiger partial charge in [-0.05, 0) is 18.6 Å². The molecule has 3 aromatic rings. The maximum atomic E-state index is 12.3. The van der Waals surface area contributed by atoms with E-state index >= 15 is 0 Å². The van der Waals surface area contributed by atoms with Gasteiger partial charge in [-0.15, -0.1) is 10.2 Å². The van der Waals surface area contributed by atoms with Crippen LogP contribution < -0.4 is 5.32 Å². The van der Waals surface area contributed by atoms with Crippen LogP contribution in [0.3, 0.4) is 0 Å². The zero-order valence-electron chi connectivity index (χ0n) is 13.6. The molecule has 1 atom stereocenters. The number of carbonyl (C=O) groups is 1. The van der Waals surface area contributed by atoms with Gasteiger partial charge >= 0.3 is 0 Å². The van der Waals surface area contributed by atoms with Crippen molar-refractivity contribution in [1.29, 1.82) is 0 Å². The van der Waals surface area contributed by atoms with Gasteiger partial charge in [0, 0.05) is 17.3 Å². The summed E-state index contributed by atoms with van der Waals surface area (Å²) in [4.78, 5) is 13.6. The van der Waals surface area contributed by atoms with Crippen molar-refractivity contribution >= 4 is 11.7 Å². The number of nitrogens with one attached hydrogen (secondary N) is 2. The molecule has 1 amide bonds. The first-order chi connectivity index (χ1) is 11.7. The summed E-state index contributed by atoms with van der Waals surface area (Å²) in [6.07, 6.45) is 1.90. The topological polar surface area (TPSA) is 101 Å². The Hall–Kier alpha value is -3.03. The van der Waals surface area contributed by atoms with Crippen LogP contribution in [0.5, 0.6) is 0 Å².